The van der Waals surface area contributed by atoms with E-state index in [-0.39, 0.29) is 0 Å². The molecule has 0 aromatic heterocycles. The molecule has 2 nitrogen and oxygen atoms in total. The summed E-state index contributed by atoms with van der Waals surface area (Å²) in [7, 11) is 0. The Morgan fingerprint density at radius 3 is 2.93 bits per heavy atom. The first-order chi connectivity index (χ1) is 7.36. The third-order valence-corrected chi connectivity index (χ3v) is 1.95. The van der Waals surface area contributed by atoms with E-state index >= 15 is 0 Å². The Labute approximate surface area is 91.4 Å². The van der Waals surface area contributed by atoms with Crippen molar-refractivity contribution in [3.8, 4) is 17.6 Å². The number of hydrogen-bond donors (Lipinski definition) is 1. The average molecular weight is 203 g/mol. The van der Waals surface area contributed by atoms with Crippen molar-refractivity contribution in [2.24, 2.45) is 5.73 Å². The smallest absolute Gasteiger partial charge is 0.149 e. The summed E-state index contributed by atoms with van der Waals surface area (Å²) in [4.78, 5) is 0. The molecule has 0 unspecified atom stereocenters. The van der Waals surface area contributed by atoms with Gasteiger partial charge in [-0.1, -0.05) is 30.9 Å². The molecule has 2 N–H and O–H groups in total. The van der Waals surface area contributed by atoms with Gasteiger partial charge in [0.25, 0.3) is 0 Å². The lowest BCUT2D eigenvalue weighted by atomic mass is 10.2. The quantitative estimate of drug-likeness (QED) is 0.762. The van der Waals surface area contributed by atoms with Crippen LogP contribution in [-0.2, 0) is 6.54 Å². The fourth-order valence-electron chi connectivity index (χ4n) is 1.15. The van der Waals surface area contributed by atoms with Crippen molar-refractivity contribution in [2.75, 3.05) is 6.61 Å². The van der Waals surface area contributed by atoms with Crippen LogP contribution in [0.3, 0.4) is 0 Å². The fraction of sp³-hybridized carbons (Fsp3) is 0.385. The van der Waals surface area contributed by atoms with E-state index in [1.807, 2.05) is 24.3 Å². The predicted octanol–water partition coefficient (Wildman–Crippen LogP) is 2.33. The maximum atomic E-state index is 5.53. The van der Waals surface area contributed by atoms with Gasteiger partial charge in [0.2, 0.25) is 0 Å². The molecule has 1 aromatic rings. The van der Waals surface area contributed by atoms with E-state index in [0.717, 1.165) is 24.2 Å². The largest absolute Gasteiger partial charge is 0.481 e. The second kappa shape index (κ2) is 6.92. The summed E-state index contributed by atoms with van der Waals surface area (Å²) < 4.78 is 5.47. The molecule has 0 amide bonds. The zero-order valence-corrected chi connectivity index (χ0v) is 9.12. The first-order valence-corrected chi connectivity index (χ1v) is 5.24. The summed E-state index contributed by atoms with van der Waals surface area (Å²) >= 11 is 0. The van der Waals surface area contributed by atoms with Crippen LogP contribution in [0.5, 0.6) is 5.75 Å². The topological polar surface area (TPSA) is 35.2 Å². The van der Waals surface area contributed by atoms with E-state index < -0.39 is 0 Å². The minimum absolute atomic E-state index is 0.452. The zero-order valence-electron chi connectivity index (χ0n) is 9.12. The average Bonchev–Trinajstić information content (AvgIpc) is 2.29. The Bertz CT molecular complexity index is 349. The summed E-state index contributed by atoms with van der Waals surface area (Å²) in [5, 5.41) is 0. The molecule has 15 heavy (non-hydrogen) atoms. The van der Waals surface area contributed by atoms with Crippen molar-refractivity contribution in [3.05, 3.63) is 29.8 Å². The minimum Gasteiger partial charge on any atom is -0.481 e. The molecule has 80 valence electrons. The molecular formula is C13H17NO. The molecule has 0 aliphatic heterocycles. The number of benzene rings is 1. The van der Waals surface area contributed by atoms with Gasteiger partial charge in [0, 0.05) is 13.0 Å². The van der Waals surface area contributed by atoms with E-state index in [2.05, 4.69) is 18.8 Å². The first-order valence-electron chi connectivity index (χ1n) is 5.24. The molecule has 1 rings (SSSR count). The molecule has 0 spiro atoms. The Balaban J connectivity index is 2.41. The molecule has 0 saturated carbocycles. The van der Waals surface area contributed by atoms with Crippen LogP contribution in [-0.4, -0.2) is 6.61 Å². The third kappa shape index (κ3) is 4.53. The summed E-state index contributed by atoms with van der Waals surface area (Å²) in [6.07, 6.45) is 2.03. The molecule has 1 aromatic carbocycles. The summed E-state index contributed by atoms with van der Waals surface area (Å²) in [5.41, 5.74) is 6.61. The summed E-state index contributed by atoms with van der Waals surface area (Å²) in [6.45, 7) is 3.10. The predicted molar refractivity (Wildman–Crippen MR) is 62.5 cm³/mol. The van der Waals surface area contributed by atoms with Crippen LogP contribution in [0.1, 0.15) is 25.3 Å². The van der Waals surface area contributed by atoms with Gasteiger partial charge in [-0.05, 0) is 24.1 Å². The van der Waals surface area contributed by atoms with Gasteiger partial charge in [-0.2, -0.15) is 0 Å². The standard InChI is InChI=1S/C13H17NO/c1-2-3-4-5-9-15-13-8-6-7-12(10-13)11-14/h6-8,10H,2-3,9,11,14H2,1H3. The van der Waals surface area contributed by atoms with Crippen molar-refractivity contribution < 1.29 is 4.74 Å². The monoisotopic (exact) mass is 203 g/mol. The second-order valence-corrected chi connectivity index (χ2v) is 3.24. The van der Waals surface area contributed by atoms with Crippen molar-refractivity contribution in [2.45, 2.75) is 26.3 Å². The van der Waals surface area contributed by atoms with E-state index in [0.29, 0.717) is 13.2 Å². The molecule has 0 aliphatic rings. The van der Waals surface area contributed by atoms with Gasteiger partial charge in [0.15, 0.2) is 0 Å². The molecule has 0 radical (unpaired) electrons. The maximum Gasteiger partial charge on any atom is 0.149 e. The van der Waals surface area contributed by atoms with Gasteiger partial charge in [0.1, 0.15) is 12.4 Å². The highest BCUT2D eigenvalue weighted by molar-refractivity contribution is 5.28. The highest BCUT2D eigenvalue weighted by atomic mass is 16.5. The van der Waals surface area contributed by atoms with Crippen LogP contribution < -0.4 is 10.5 Å². The van der Waals surface area contributed by atoms with Crippen LogP contribution in [0.2, 0.25) is 0 Å². The molecule has 0 saturated heterocycles. The lowest BCUT2D eigenvalue weighted by Gasteiger charge is -2.03. The van der Waals surface area contributed by atoms with Crippen molar-refractivity contribution in [1.82, 2.24) is 0 Å². The van der Waals surface area contributed by atoms with Gasteiger partial charge in [-0.3, -0.25) is 0 Å². The van der Waals surface area contributed by atoms with E-state index in [1.165, 1.54) is 0 Å². The molecule has 0 bridgehead atoms. The van der Waals surface area contributed by atoms with Crippen LogP contribution in [0.15, 0.2) is 24.3 Å². The van der Waals surface area contributed by atoms with Crippen molar-refractivity contribution in [3.63, 3.8) is 0 Å². The number of unbranched alkanes of at least 4 members (excludes halogenated alkanes) is 1. The Morgan fingerprint density at radius 2 is 2.20 bits per heavy atom. The number of hydrogen-bond acceptors (Lipinski definition) is 2. The minimum atomic E-state index is 0.452. The summed E-state index contributed by atoms with van der Waals surface area (Å²) in [6, 6.07) is 7.79. The molecular weight excluding hydrogens is 186 g/mol. The first kappa shape index (κ1) is 11.6. The van der Waals surface area contributed by atoms with Gasteiger partial charge in [0.05, 0.1) is 0 Å². The Kier molecular flexibility index (Phi) is 5.35. The van der Waals surface area contributed by atoms with Crippen LogP contribution in [0.4, 0.5) is 0 Å². The molecule has 2 heteroatoms. The normalized spacial score (nSPS) is 9.20. The molecule has 0 atom stereocenters. The van der Waals surface area contributed by atoms with Gasteiger partial charge in [-0.15, -0.1) is 0 Å². The van der Waals surface area contributed by atoms with Crippen LogP contribution >= 0.6 is 0 Å². The van der Waals surface area contributed by atoms with E-state index in [1.54, 1.807) is 0 Å². The van der Waals surface area contributed by atoms with Gasteiger partial charge >= 0.3 is 0 Å². The highest BCUT2D eigenvalue weighted by Gasteiger charge is 1.93. The molecule has 0 heterocycles. The summed E-state index contributed by atoms with van der Waals surface area (Å²) in [5.74, 6) is 6.84. The van der Waals surface area contributed by atoms with Crippen LogP contribution in [0, 0.1) is 11.8 Å². The number of ether oxygens (including phenoxy) is 1. The highest BCUT2D eigenvalue weighted by Crippen LogP contribution is 2.12. The molecule has 0 aliphatic carbocycles. The number of rotatable bonds is 4. The van der Waals surface area contributed by atoms with Crippen LogP contribution in [0.25, 0.3) is 0 Å². The maximum absolute atomic E-state index is 5.53. The molecule has 0 fully saturated rings. The lowest BCUT2D eigenvalue weighted by molar-refractivity contribution is 0.369. The fourth-order valence-corrected chi connectivity index (χ4v) is 1.15. The van der Waals surface area contributed by atoms with E-state index in [4.69, 9.17) is 10.5 Å². The lowest BCUT2D eigenvalue weighted by Crippen LogP contribution is -1.98. The number of nitrogens with two attached hydrogens (primary N) is 1. The van der Waals surface area contributed by atoms with Crippen molar-refractivity contribution in [1.29, 1.82) is 0 Å². The van der Waals surface area contributed by atoms with Gasteiger partial charge in [-0.25, -0.2) is 0 Å². The van der Waals surface area contributed by atoms with E-state index in [9.17, 15) is 0 Å². The van der Waals surface area contributed by atoms with Gasteiger partial charge < -0.3 is 10.5 Å². The zero-order chi connectivity index (χ0) is 10.9. The third-order valence-electron chi connectivity index (χ3n) is 1.95. The second-order valence-electron chi connectivity index (χ2n) is 3.24. The van der Waals surface area contributed by atoms with Crippen molar-refractivity contribution >= 4 is 0 Å². The SMILES string of the molecule is CCCC#CCOc1cccc(CN)c1. The Hall–Kier alpha value is -1.46. The Morgan fingerprint density at radius 1 is 1.33 bits per heavy atom.